The van der Waals surface area contributed by atoms with Crippen LogP contribution in [0.25, 0.3) is 5.69 Å². The Kier molecular flexibility index (Phi) is 6.63. The van der Waals surface area contributed by atoms with Gasteiger partial charge in [-0.1, -0.05) is 35.5 Å². The van der Waals surface area contributed by atoms with Crippen molar-refractivity contribution in [1.29, 1.82) is 0 Å². The van der Waals surface area contributed by atoms with Gasteiger partial charge < -0.3 is 5.32 Å². The molecule has 0 unspecified atom stereocenters. The van der Waals surface area contributed by atoms with Gasteiger partial charge in [0.15, 0.2) is 5.16 Å². The molecule has 1 amide bonds. The van der Waals surface area contributed by atoms with Crippen molar-refractivity contribution in [3.05, 3.63) is 59.9 Å². The molecule has 0 aliphatic carbocycles. The van der Waals surface area contributed by atoms with E-state index in [-0.39, 0.29) is 16.6 Å². The molecule has 1 aliphatic heterocycles. The van der Waals surface area contributed by atoms with Crippen molar-refractivity contribution in [1.82, 2.24) is 19.1 Å². The molecular weight excluding hydrogens is 446 g/mol. The molecule has 1 aromatic heterocycles. The van der Waals surface area contributed by atoms with Crippen LogP contribution in [0.2, 0.25) is 0 Å². The number of anilines is 1. The number of aromatic nitrogens is 3. The van der Waals surface area contributed by atoms with E-state index in [2.05, 4.69) is 15.5 Å². The van der Waals surface area contributed by atoms with Gasteiger partial charge in [0.2, 0.25) is 15.9 Å². The zero-order valence-electron chi connectivity index (χ0n) is 18.0. The number of rotatable bonds is 7. The van der Waals surface area contributed by atoms with Crippen molar-refractivity contribution in [2.75, 3.05) is 24.2 Å². The molecule has 0 atom stereocenters. The van der Waals surface area contributed by atoms with Crippen LogP contribution in [0.5, 0.6) is 0 Å². The minimum atomic E-state index is -3.53. The third kappa shape index (κ3) is 4.87. The Morgan fingerprint density at radius 1 is 1.06 bits per heavy atom. The fraction of sp³-hybridized carbons (Fsp3) is 0.318. The third-order valence-corrected chi connectivity index (χ3v) is 8.06. The van der Waals surface area contributed by atoms with Gasteiger partial charge in [0.05, 0.1) is 10.6 Å². The van der Waals surface area contributed by atoms with E-state index in [4.69, 9.17) is 0 Å². The molecule has 1 aliphatic rings. The monoisotopic (exact) mass is 471 g/mol. The van der Waals surface area contributed by atoms with Gasteiger partial charge in [-0.25, -0.2) is 8.42 Å². The first kappa shape index (κ1) is 22.5. The number of hydrogen-bond acceptors (Lipinski definition) is 6. The number of hydrogen-bond donors (Lipinski definition) is 1. The molecule has 2 aromatic carbocycles. The normalized spacial score (nSPS) is 14.6. The molecule has 0 bridgehead atoms. The predicted octanol–water partition coefficient (Wildman–Crippen LogP) is 3.40. The van der Waals surface area contributed by atoms with Crippen LogP contribution in [0.15, 0.2) is 58.6 Å². The molecule has 3 aromatic rings. The third-order valence-electron chi connectivity index (χ3n) is 5.24. The lowest BCUT2D eigenvalue weighted by Gasteiger charge is -2.16. The van der Waals surface area contributed by atoms with Crippen LogP contribution < -0.4 is 5.32 Å². The summed E-state index contributed by atoms with van der Waals surface area (Å²) in [6.07, 6.45) is 1.75. The van der Waals surface area contributed by atoms with Crippen molar-refractivity contribution in [2.45, 2.75) is 36.7 Å². The minimum absolute atomic E-state index is 0.118. The standard InChI is InChI=1S/C22H25N5O3S2/c1-16-8-10-19(11-9-16)27-17(2)24-25-22(27)31-15-21(28)23-18-6-5-7-20(14-18)32(29,30)26-12-3-4-13-26/h5-11,14H,3-4,12-13,15H2,1-2H3,(H,23,28). The van der Waals surface area contributed by atoms with E-state index in [9.17, 15) is 13.2 Å². The van der Waals surface area contributed by atoms with Crippen molar-refractivity contribution >= 4 is 33.4 Å². The number of thioether (sulfide) groups is 1. The fourth-order valence-electron chi connectivity index (χ4n) is 3.57. The summed E-state index contributed by atoms with van der Waals surface area (Å²) in [4.78, 5) is 12.7. The van der Waals surface area contributed by atoms with E-state index < -0.39 is 10.0 Å². The highest BCUT2D eigenvalue weighted by Crippen LogP contribution is 2.25. The lowest BCUT2D eigenvalue weighted by atomic mass is 10.2. The van der Waals surface area contributed by atoms with Gasteiger partial charge in [0, 0.05) is 24.5 Å². The van der Waals surface area contributed by atoms with E-state index in [1.165, 1.54) is 22.1 Å². The SMILES string of the molecule is Cc1ccc(-n2c(C)nnc2SCC(=O)Nc2cccc(S(=O)(=O)N3CCCC3)c2)cc1. The van der Waals surface area contributed by atoms with Gasteiger partial charge in [-0.15, -0.1) is 10.2 Å². The number of benzene rings is 2. The summed E-state index contributed by atoms with van der Waals surface area (Å²) in [5.74, 6) is 0.603. The van der Waals surface area contributed by atoms with Crippen LogP contribution >= 0.6 is 11.8 Å². The molecule has 0 saturated carbocycles. The van der Waals surface area contributed by atoms with Gasteiger partial charge in [-0.3, -0.25) is 9.36 Å². The lowest BCUT2D eigenvalue weighted by molar-refractivity contribution is -0.113. The Hall–Kier alpha value is -2.69. The van der Waals surface area contributed by atoms with Crippen LogP contribution in [0.4, 0.5) is 5.69 Å². The smallest absolute Gasteiger partial charge is 0.243 e. The van der Waals surface area contributed by atoms with E-state index >= 15 is 0 Å². The quantitative estimate of drug-likeness (QED) is 0.531. The van der Waals surface area contributed by atoms with Crippen LogP contribution in [0.1, 0.15) is 24.2 Å². The predicted molar refractivity (Wildman–Crippen MR) is 125 cm³/mol. The summed E-state index contributed by atoms with van der Waals surface area (Å²) in [5.41, 5.74) is 2.54. The molecule has 1 fully saturated rings. The molecule has 168 valence electrons. The zero-order chi connectivity index (χ0) is 22.7. The van der Waals surface area contributed by atoms with E-state index in [0.717, 1.165) is 29.9 Å². The molecule has 0 spiro atoms. The first-order chi connectivity index (χ1) is 15.3. The number of amides is 1. The average molecular weight is 472 g/mol. The van der Waals surface area contributed by atoms with Gasteiger partial charge >= 0.3 is 0 Å². The summed E-state index contributed by atoms with van der Waals surface area (Å²) in [5, 5.41) is 11.7. The Bertz CT molecular complexity index is 1220. The first-order valence-corrected chi connectivity index (χ1v) is 12.8. The second-order valence-corrected chi connectivity index (χ2v) is 10.6. The fourth-order valence-corrected chi connectivity index (χ4v) is 5.93. The van der Waals surface area contributed by atoms with Crippen LogP contribution in [-0.4, -0.2) is 52.2 Å². The van der Waals surface area contributed by atoms with Crippen molar-refractivity contribution in [3.63, 3.8) is 0 Å². The molecule has 2 heterocycles. The number of nitrogens with zero attached hydrogens (tertiary/aromatic N) is 4. The largest absolute Gasteiger partial charge is 0.325 e. The number of aryl methyl sites for hydroxylation is 2. The second-order valence-electron chi connectivity index (χ2n) is 7.68. The molecule has 1 N–H and O–H groups in total. The molecule has 1 saturated heterocycles. The van der Waals surface area contributed by atoms with Crippen LogP contribution in [0.3, 0.4) is 0 Å². The maximum atomic E-state index is 12.8. The summed E-state index contributed by atoms with van der Waals surface area (Å²) in [6, 6.07) is 14.4. The summed E-state index contributed by atoms with van der Waals surface area (Å²) in [7, 11) is -3.53. The summed E-state index contributed by atoms with van der Waals surface area (Å²) in [6.45, 7) is 4.96. The maximum absolute atomic E-state index is 12.8. The molecule has 10 heteroatoms. The second kappa shape index (κ2) is 9.43. The summed E-state index contributed by atoms with van der Waals surface area (Å²) >= 11 is 1.28. The number of carbonyl (C=O) groups is 1. The van der Waals surface area contributed by atoms with Crippen molar-refractivity contribution in [3.8, 4) is 5.69 Å². The van der Waals surface area contributed by atoms with E-state index in [1.807, 2.05) is 42.7 Å². The topological polar surface area (TPSA) is 97.2 Å². The molecule has 0 radical (unpaired) electrons. The zero-order valence-corrected chi connectivity index (χ0v) is 19.6. The highest BCUT2D eigenvalue weighted by Gasteiger charge is 2.27. The highest BCUT2D eigenvalue weighted by molar-refractivity contribution is 7.99. The van der Waals surface area contributed by atoms with Gasteiger partial charge in [-0.2, -0.15) is 4.31 Å². The first-order valence-electron chi connectivity index (χ1n) is 10.4. The Morgan fingerprint density at radius 3 is 2.50 bits per heavy atom. The number of sulfonamides is 1. The van der Waals surface area contributed by atoms with Crippen molar-refractivity contribution in [2.24, 2.45) is 0 Å². The lowest BCUT2D eigenvalue weighted by Crippen LogP contribution is -2.28. The summed E-state index contributed by atoms with van der Waals surface area (Å²) < 4.78 is 28.9. The number of nitrogens with one attached hydrogen (secondary N) is 1. The van der Waals surface area contributed by atoms with Gasteiger partial charge in [0.1, 0.15) is 5.82 Å². The molecule has 4 rings (SSSR count). The minimum Gasteiger partial charge on any atom is -0.325 e. The van der Waals surface area contributed by atoms with E-state index in [1.54, 1.807) is 18.2 Å². The highest BCUT2D eigenvalue weighted by atomic mass is 32.2. The molecule has 32 heavy (non-hydrogen) atoms. The molecule has 8 nitrogen and oxygen atoms in total. The van der Waals surface area contributed by atoms with Gasteiger partial charge in [-0.05, 0) is 57.0 Å². The average Bonchev–Trinajstić information content (AvgIpc) is 3.44. The molecular formula is C22H25N5O3S2. The van der Waals surface area contributed by atoms with E-state index in [0.29, 0.717) is 23.9 Å². The Labute approximate surface area is 192 Å². The van der Waals surface area contributed by atoms with Crippen molar-refractivity contribution < 1.29 is 13.2 Å². The van der Waals surface area contributed by atoms with Crippen LogP contribution in [0, 0.1) is 13.8 Å². The maximum Gasteiger partial charge on any atom is 0.243 e. The Morgan fingerprint density at radius 2 is 1.78 bits per heavy atom. The Balaban J connectivity index is 1.43. The van der Waals surface area contributed by atoms with Crippen LogP contribution in [-0.2, 0) is 14.8 Å². The van der Waals surface area contributed by atoms with Gasteiger partial charge in [0.25, 0.3) is 0 Å². The number of carbonyl (C=O) groups excluding carboxylic acids is 1.